The molecule has 1 aliphatic heterocycles. The second-order valence-electron chi connectivity index (χ2n) is 9.75. The summed E-state index contributed by atoms with van der Waals surface area (Å²) in [7, 11) is 1.95. The topological polar surface area (TPSA) is 39.3 Å². The van der Waals surface area contributed by atoms with Gasteiger partial charge in [0.1, 0.15) is 11.6 Å². The lowest BCUT2D eigenvalue weighted by atomic mass is 9.98. The SMILES string of the molecule is CN1CCC(N(Cc2cc(-c3ccc4[nH]ccc4c3)ccc2F)C(=O)c2ccc(F)c(C(F)(F)F)c2)CC1. The van der Waals surface area contributed by atoms with Gasteiger partial charge in [-0.3, -0.25) is 4.79 Å². The van der Waals surface area contributed by atoms with Crippen LogP contribution in [0.3, 0.4) is 0 Å². The number of carbonyl (C=O) groups excluding carboxylic acids is 1. The molecule has 1 aromatic heterocycles. The fourth-order valence-electron chi connectivity index (χ4n) is 5.01. The largest absolute Gasteiger partial charge is 0.419 e. The minimum Gasteiger partial charge on any atom is -0.361 e. The van der Waals surface area contributed by atoms with Crippen LogP contribution in [0.1, 0.15) is 34.3 Å². The van der Waals surface area contributed by atoms with Crippen molar-refractivity contribution in [3.8, 4) is 11.1 Å². The number of fused-ring (bicyclic) bond motifs is 1. The molecule has 4 aromatic rings. The van der Waals surface area contributed by atoms with Gasteiger partial charge in [-0.15, -0.1) is 0 Å². The van der Waals surface area contributed by atoms with Crippen molar-refractivity contribution in [3.05, 3.63) is 95.2 Å². The number of benzene rings is 3. The van der Waals surface area contributed by atoms with Gasteiger partial charge < -0.3 is 14.8 Å². The van der Waals surface area contributed by atoms with Crippen molar-refractivity contribution in [2.75, 3.05) is 20.1 Å². The van der Waals surface area contributed by atoms with Crippen molar-refractivity contribution in [2.24, 2.45) is 0 Å². The molecular formula is C29H26F5N3O. The minimum absolute atomic E-state index is 0.127. The first-order valence-electron chi connectivity index (χ1n) is 12.3. The number of H-pyrrole nitrogens is 1. The molecule has 1 saturated heterocycles. The van der Waals surface area contributed by atoms with Crippen molar-refractivity contribution in [1.29, 1.82) is 0 Å². The molecule has 5 rings (SSSR count). The van der Waals surface area contributed by atoms with E-state index in [2.05, 4.69) is 9.88 Å². The fourth-order valence-corrected chi connectivity index (χ4v) is 5.01. The molecular weight excluding hydrogens is 501 g/mol. The Hall–Kier alpha value is -3.72. The molecule has 9 heteroatoms. The lowest BCUT2D eigenvalue weighted by Gasteiger charge is -2.37. The number of halogens is 5. The summed E-state index contributed by atoms with van der Waals surface area (Å²) in [6, 6.07) is 14.3. The number of nitrogens with zero attached hydrogens (tertiary/aromatic N) is 2. The summed E-state index contributed by atoms with van der Waals surface area (Å²) in [5.41, 5.74) is 1.05. The van der Waals surface area contributed by atoms with Crippen LogP contribution >= 0.6 is 0 Å². The number of hydrogen-bond acceptors (Lipinski definition) is 2. The number of hydrogen-bond donors (Lipinski definition) is 1. The predicted octanol–water partition coefficient (Wildman–Crippen LogP) is 6.87. The smallest absolute Gasteiger partial charge is 0.361 e. The third-order valence-corrected chi connectivity index (χ3v) is 7.18. The zero-order valence-corrected chi connectivity index (χ0v) is 20.7. The van der Waals surface area contributed by atoms with Gasteiger partial charge in [0.05, 0.1) is 5.56 Å². The van der Waals surface area contributed by atoms with E-state index in [1.54, 1.807) is 12.1 Å². The maximum Gasteiger partial charge on any atom is 0.419 e. The number of aromatic nitrogens is 1. The van der Waals surface area contributed by atoms with Crippen LogP contribution in [-0.2, 0) is 12.7 Å². The van der Waals surface area contributed by atoms with Crippen molar-refractivity contribution in [1.82, 2.24) is 14.8 Å². The van der Waals surface area contributed by atoms with Gasteiger partial charge in [0, 0.05) is 35.4 Å². The fraction of sp³-hybridized carbons (Fsp3) is 0.276. The molecule has 1 aliphatic rings. The van der Waals surface area contributed by atoms with Crippen LogP contribution in [0.15, 0.2) is 66.9 Å². The molecule has 0 aliphatic carbocycles. The van der Waals surface area contributed by atoms with Gasteiger partial charge in [0.25, 0.3) is 5.91 Å². The van der Waals surface area contributed by atoms with E-state index in [9.17, 15) is 22.4 Å². The molecule has 0 atom stereocenters. The van der Waals surface area contributed by atoms with Gasteiger partial charge in [0.2, 0.25) is 0 Å². The Labute approximate surface area is 216 Å². The molecule has 1 amide bonds. The van der Waals surface area contributed by atoms with E-state index in [1.807, 2.05) is 37.5 Å². The summed E-state index contributed by atoms with van der Waals surface area (Å²) in [5.74, 6) is -2.65. The van der Waals surface area contributed by atoms with E-state index in [1.165, 1.54) is 11.0 Å². The molecule has 2 heterocycles. The number of nitrogens with one attached hydrogen (secondary N) is 1. The molecule has 0 saturated carbocycles. The lowest BCUT2D eigenvalue weighted by molar-refractivity contribution is -0.140. The summed E-state index contributed by atoms with van der Waals surface area (Å²) < 4.78 is 69.0. The third-order valence-electron chi connectivity index (χ3n) is 7.18. The number of rotatable bonds is 5. The van der Waals surface area contributed by atoms with Gasteiger partial charge in [-0.25, -0.2) is 8.78 Å². The van der Waals surface area contributed by atoms with E-state index in [4.69, 9.17) is 0 Å². The average molecular weight is 528 g/mol. The third kappa shape index (κ3) is 5.29. The first-order valence-corrected chi connectivity index (χ1v) is 12.3. The molecule has 198 valence electrons. The molecule has 4 nitrogen and oxygen atoms in total. The standard InChI is InChI=1S/C29H26F5N3O/c1-36-12-9-23(10-13-36)37(28(38)21-3-6-26(31)24(16-21)29(32,33)34)17-22-15-18(2-5-25(22)30)19-4-7-27-20(14-19)8-11-35-27/h2-8,11,14-16,23,35H,9-10,12-13,17H2,1H3. The van der Waals surface area contributed by atoms with Crippen molar-refractivity contribution < 1.29 is 26.7 Å². The zero-order valence-electron chi connectivity index (χ0n) is 20.7. The van der Waals surface area contributed by atoms with Gasteiger partial charge in [0.15, 0.2) is 0 Å². The highest BCUT2D eigenvalue weighted by Crippen LogP contribution is 2.33. The van der Waals surface area contributed by atoms with E-state index < -0.39 is 29.3 Å². The Morgan fingerprint density at radius 2 is 1.63 bits per heavy atom. The molecule has 0 radical (unpaired) electrons. The Morgan fingerprint density at radius 1 is 0.947 bits per heavy atom. The number of alkyl halides is 3. The molecule has 1 fully saturated rings. The highest BCUT2D eigenvalue weighted by molar-refractivity contribution is 5.94. The number of carbonyl (C=O) groups is 1. The van der Waals surface area contributed by atoms with Crippen LogP contribution in [0.25, 0.3) is 22.0 Å². The average Bonchev–Trinajstić information content (AvgIpc) is 3.36. The highest BCUT2D eigenvalue weighted by atomic mass is 19.4. The number of likely N-dealkylation sites (tertiary alicyclic amines) is 1. The summed E-state index contributed by atoms with van der Waals surface area (Å²) in [6.07, 6.45) is -1.95. The number of aromatic amines is 1. The van der Waals surface area contributed by atoms with Crippen LogP contribution in [0, 0.1) is 11.6 Å². The number of piperidine rings is 1. The normalized spacial score (nSPS) is 15.2. The van der Waals surface area contributed by atoms with Gasteiger partial charge in [-0.1, -0.05) is 12.1 Å². The van der Waals surface area contributed by atoms with Crippen molar-refractivity contribution in [2.45, 2.75) is 31.6 Å². The summed E-state index contributed by atoms with van der Waals surface area (Å²) in [5, 5.41) is 0.994. The summed E-state index contributed by atoms with van der Waals surface area (Å²) in [4.78, 5) is 20.3. The number of amides is 1. The Morgan fingerprint density at radius 3 is 2.37 bits per heavy atom. The molecule has 38 heavy (non-hydrogen) atoms. The molecule has 0 unspecified atom stereocenters. The van der Waals surface area contributed by atoms with E-state index in [0.29, 0.717) is 38.1 Å². The van der Waals surface area contributed by atoms with Crippen LogP contribution in [-0.4, -0.2) is 46.9 Å². The minimum atomic E-state index is -4.94. The van der Waals surface area contributed by atoms with E-state index in [-0.39, 0.29) is 23.7 Å². The van der Waals surface area contributed by atoms with Crippen LogP contribution < -0.4 is 0 Å². The van der Waals surface area contributed by atoms with Gasteiger partial charge in [-0.2, -0.15) is 13.2 Å². The molecule has 3 aromatic carbocycles. The maximum absolute atomic E-state index is 15.1. The van der Waals surface area contributed by atoms with E-state index >= 15 is 4.39 Å². The van der Waals surface area contributed by atoms with Crippen molar-refractivity contribution in [3.63, 3.8) is 0 Å². The Kier molecular flexibility index (Phi) is 6.96. The van der Waals surface area contributed by atoms with Crippen LogP contribution in [0.2, 0.25) is 0 Å². The lowest BCUT2D eigenvalue weighted by Crippen LogP contribution is -2.46. The second kappa shape index (κ2) is 10.2. The maximum atomic E-state index is 15.1. The van der Waals surface area contributed by atoms with Crippen LogP contribution in [0.5, 0.6) is 0 Å². The second-order valence-corrected chi connectivity index (χ2v) is 9.75. The van der Waals surface area contributed by atoms with E-state index in [0.717, 1.165) is 28.1 Å². The Balaban J connectivity index is 1.50. The first-order chi connectivity index (χ1) is 18.1. The summed E-state index contributed by atoms with van der Waals surface area (Å²) >= 11 is 0. The Bertz CT molecular complexity index is 1470. The molecule has 1 N–H and O–H groups in total. The van der Waals surface area contributed by atoms with Gasteiger partial charge >= 0.3 is 6.18 Å². The highest BCUT2D eigenvalue weighted by Gasteiger charge is 2.36. The first kappa shape index (κ1) is 25.9. The quantitative estimate of drug-likeness (QED) is 0.288. The summed E-state index contributed by atoms with van der Waals surface area (Å²) in [6.45, 7) is 1.24. The molecule has 0 bridgehead atoms. The predicted molar refractivity (Wildman–Crippen MR) is 135 cm³/mol. The van der Waals surface area contributed by atoms with Crippen LogP contribution in [0.4, 0.5) is 22.0 Å². The zero-order chi connectivity index (χ0) is 27.0. The van der Waals surface area contributed by atoms with Crippen molar-refractivity contribution >= 4 is 16.8 Å². The molecule has 0 spiro atoms. The monoisotopic (exact) mass is 527 g/mol. The van der Waals surface area contributed by atoms with Gasteiger partial charge in [-0.05, 0) is 98.0 Å².